The largest absolute Gasteiger partial charge is 0.478 e. The second-order valence-corrected chi connectivity index (χ2v) is 5.12. The van der Waals surface area contributed by atoms with Gasteiger partial charge in [0.05, 0.1) is 17.2 Å². The maximum absolute atomic E-state index is 13.9. The minimum Gasteiger partial charge on any atom is -0.478 e. The summed E-state index contributed by atoms with van der Waals surface area (Å²) >= 11 is 6.00. The van der Waals surface area contributed by atoms with Crippen LogP contribution in [0, 0.1) is 5.82 Å². The lowest BCUT2D eigenvalue weighted by Crippen LogP contribution is -2.07. The van der Waals surface area contributed by atoms with Crippen LogP contribution in [0.4, 0.5) is 4.39 Å². The number of carboxylic acids is 1. The third kappa shape index (κ3) is 2.13. The van der Waals surface area contributed by atoms with E-state index in [1.54, 1.807) is 0 Å². The van der Waals surface area contributed by atoms with Crippen LogP contribution in [-0.4, -0.2) is 29.3 Å². The van der Waals surface area contributed by atoms with Crippen molar-refractivity contribution in [1.82, 2.24) is 4.98 Å². The molecule has 6 heteroatoms. The van der Waals surface area contributed by atoms with E-state index < -0.39 is 11.8 Å². The molecule has 1 N–H and O–H groups in total. The van der Waals surface area contributed by atoms with Crippen molar-refractivity contribution >= 4 is 28.5 Å². The van der Waals surface area contributed by atoms with E-state index >= 15 is 0 Å². The van der Waals surface area contributed by atoms with E-state index in [0.717, 1.165) is 6.42 Å². The van der Waals surface area contributed by atoms with Crippen molar-refractivity contribution in [3.05, 3.63) is 40.3 Å². The van der Waals surface area contributed by atoms with Gasteiger partial charge in [-0.3, -0.25) is 0 Å². The summed E-state index contributed by atoms with van der Waals surface area (Å²) in [6.45, 7) is 1.07. The first kappa shape index (κ1) is 13.3. The minimum absolute atomic E-state index is 0.000648. The first-order valence-electron chi connectivity index (χ1n) is 6.17. The summed E-state index contributed by atoms with van der Waals surface area (Å²) in [5.74, 6) is -1.73. The molecule has 1 aliphatic rings. The zero-order valence-corrected chi connectivity index (χ0v) is 11.2. The lowest BCUT2D eigenvalue weighted by atomic mass is 9.99. The zero-order valence-electron chi connectivity index (χ0n) is 10.4. The van der Waals surface area contributed by atoms with Crippen molar-refractivity contribution in [2.75, 3.05) is 13.2 Å². The summed E-state index contributed by atoms with van der Waals surface area (Å²) in [5, 5.41) is 9.65. The normalized spacial score (nSPS) is 18.6. The van der Waals surface area contributed by atoms with Crippen LogP contribution in [0.1, 0.15) is 28.4 Å². The lowest BCUT2D eigenvalue weighted by Gasteiger charge is -2.12. The van der Waals surface area contributed by atoms with E-state index in [9.17, 15) is 14.3 Å². The Kier molecular flexibility index (Phi) is 3.31. The van der Waals surface area contributed by atoms with Crippen LogP contribution in [0.2, 0.25) is 5.02 Å². The van der Waals surface area contributed by atoms with Gasteiger partial charge in [0.2, 0.25) is 0 Å². The number of fused-ring (bicyclic) bond motifs is 1. The van der Waals surface area contributed by atoms with Crippen molar-refractivity contribution in [2.24, 2.45) is 0 Å². The molecule has 4 nitrogen and oxygen atoms in total. The molecule has 0 aliphatic carbocycles. The number of aromatic carboxylic acids is 1. The molecule has 0 radical (unpaired) electrons. The summed E-state index contributed by atoms with van der Waals surface area (Å²) in [7, 11) is 0. The molecule has 1 aromatic heterocycles. The van der Waals surface area contributed by atoms with Crippen LogP contribution in [0.5, 0.6) is 0 Å². The molecule has 1 aliphatic heterocycles. The number of ether oxygens (including phenoxy) is 1. The fraction of sp³-hybridized carbons (Fsp3) is 0.286. The van der Waals surface area contributed by atoms with E-state index in [2.05, 4.69) is 4.98 Å². The predicted octanol–water partition coefficient (Wildman–Crippen LogP) is 3.23. The number of carboxylic acid groups (broad SMARTS) is 1. The molecular formula is C14H11ClFNO3. The van der Waals surface area contributed by atoms with E-state index in [4.69, 9.17) is 16.3 Å². The topological polar surface area (TPSA) is 59.4 Å². The molecular weight excluding hydrogens is 285 g/mol. The number of nitrogens with zero attached hydrogens (tertiary/aromatic N) is 1. The van der Waals surface area contributed by atoms with Crippen LogP contribution in [0.25, 0.3) is 10.9 Å². The average molecular weight is 296 g/mol. The summed E-state index contributed by atoms with van der Waals surface area (Å²) in [4.78, 5) is 15.7. The Hall–Kier alpha value is -1.72. The summed E-state index contributed by atoms with van der Waals surface area (Å²) in [6.07, 6.45) is 0.750. The number of halogens is 2. The summed E-state index contributed by atoms with van der Waals surface area (Å²) in [5.41, 5.74) is 0.509. The van der Waals surface area contributed by atoms with E-state index in [1.165, 1.54) is 18.2 Å². The Balaban J connectivity index is 2.30. The Morgan fingerprint density at radius 3 is 2.95 bits per heavy atom. The number of hydrogen-bond donors (Lipinski definition) is 1. The van der Waals surface area contributed by atoms with Crippen LogP contribution in [0.15, 0.2) is 18.2 Å². The molecule has 2 aromatic rings. The van der Waals surface area contributed by atoms with Crippen LogP contribution >= 0.6 is 11.6 Å². The molecule has 1 unspecified atom stereocenters. The molecule has 0 saturated carbocycles. The Labute approximate surface area is 119 Å². The molecule has 1 aromatic carbocycles. The smallest absolute Gasteiger partial charge is 0.336 e. The maximum Gasteiger partial charge on any atom is 0.336 e. The highest BCUT2D eigenvalue weighted by Gasteiger charge is 2.24. The van der Waals surface area contributed by atoms with Gasteiger partial charge >= 0.3 is 5.97 Å². The first-order chi connectivity index (χ1) is 9.58. The minimum atomic E-state index is -1.15. The van der Waals surface area contributed by atoms with Crippen molar-refractivity contribution in [1.29, 1.82) is 0 Å². The van der Waals surface area contributed by atoms with Gasteiger partial charge in [-0.05, 0) is 24.6 Å². The highest BCUT2D eigenvalue weighted by Crippen LogP contribution is 2.32. The fourth-order valence-corrected chi connectivity index (χ4v) is 2.69. The van der Waals surface area contributed by atoms with Gasteiger partial charge in [-0.2, -0.15) is 0 Å². The van der Waals surface area contributed by atoms with Gasteiger partial charge in [-0.1, -0.05) is 11.6 Å². The van der Waals surface area contributed by atoms with Gasteiger partial charge in [0.25, 0.3) is 0 Å². The van der Waals surface area contributed by atoms with Crippen LogP contribution < -0.4 is 0 Å². The quantitative estimate of drug-likeness (QED) is 0.924. The lowest BCUT2D eigenvalue weighted by molar-refractivity contribution is 0.0698. The monoisotopic (exact) mass is 295 g/mol. The number of pyridine rings is 1. The summed E-state index contributed by atoms with van der Waals surface area (Å²) in [6, 6.07) is 4.00. The molecule has 0 bridgehead atoms. The number of carbonyl (C=O) groups is 1. The standard InChI is InChI=1S/C14H11ClFNO3/c15-9-1-2-10(16)13-12(9)8(14(18)19)5-11(17-13)7-3-4-20-6-7/h1-2,5,7H,3-4,6H2,(H,18,19). The second-order valence-electron chi connectivity index (χ2n) is 4.71. The van der Waals surface area contributed by atoms with Crippen LogP contribution in [0.3, 0.4) is 0 Å². The number of hydrogen-bond acceptors (Lipinski definition) is 3. The van der Waals surface area contributed by atoms with E-state index in [0.29, 0.717) is 18.9 Å². The third-order valence-electron chi connectivity index (χ3n) is 3.46. The van der Waals surface area contributed by atoms with E-state index in [-0.39, 0.29) is 27.4 Å². The number of rotatable bonds is 2. The Morgan fingerprint density at radius 1 is 1.50 bits per heavy atom. The van der Waals surface area contributed by atoms with Crippen molar-refractivity contribution < 1.29 is 19.0 Å². The van der Waals surface area contributed by atoms with Gasteiger partial charge < -0.3 is 9.84 Å². The first-order valence-corrected chi connectivity index (χ1v) is 6.55. The number of benzene rings is 1. The highest BCUT2D eigenvalue weighted by atomic mass is 35.5. The Morgan fingerprint density at radius 2 is 2.30 bits per heavy atom. The van der Waals surface area contributed by atoms with Gasteiger partial charge in [0, 0.05) is 23.6 Å². The predicted molar refractivity (Wildman–Crippen MR) is 71.8 cm³/mol. The number of aromatic nitrogens is 1. The molecule has 3 rings (SSSR count). The van der Waals surface area contributed by atoms with Crippen molar-refractivity contribution in [3.63, 3.8) is 0 Å². The fourth-order valence-electron chi connectivity index (χ4n) is 2.43. The van der Waals surface area contributed by atoms with Gasteiger partial charge in [0.1, 0.15) is 11.3 Å². The van der Waals surface area contributed by atoms with Crippen molar-refractivity contribution in [3.8, 4) is 0 Å². The molecule has 1 fully saturated rings. The Bertz CT molecular complexity index is 698. The molecule has 20 heavy (non-hydrogen) atoms. The van der Waals surface area contributed by atoms with Gasteiger partial charge in [-0.25, -0.2) is 14.2 Å². The highest BCUT2D eigenvalue weighted by molar-refractivity contribution is 6.36. The van der Waals surface area contributed by atoms with Gasteiger partial charge in [0.15, 0.2) is 0 Å². The third-order valence-corrected chi connectivity index (χ3v) is 3.77. The van der Waals surface area contributed by atoms with Crippen LogP contribution in [-0.2, 0) is 4.74 Å². The SMILES string of the molecule is O=C(O)c1cc(C2CCOC2)nc2c(F)ccc(Cl)c12. The summed E-state index contributed by atoms with van der Waals surface area (Å²) < 4.78 is 19.2. The molecule has 2 heterocycles. The zero-order chi connectivity index (χ0) is 14.3. The average Bonchev–Trinajstić information content (AvgIpc) is 2.96. The molecule has 0 spiro atoms. The van der Waals surface area contributed by atoms with Gasteiger partial charge in [-0.15, -0.1) is 0 Å². The second kappa shape index (κ2) is 5.00. The molecule has 104 valence electrons. The molecule has 1 saturated heterocycles. The van der Waals surface area contributed by atoms with Crippen molar-refractivity contribution in [2.45, 2.75) is 12.3 Å². The molecule has 0 amide bonds. The van der Waals surface area contributed by atoms with E-state index in [1.807, 2.05) is 0 Å². The maximum atomic E-state index is 13.9. The molecule has 1 atom stereocenters.